The molecule has 0 aliphatic carbocycles. The van der Waals surface area contributed by atoms with E-state index in [4.69, 9.17) is 5.73 Å². The number of nitrogens with two attached hydrogens (primary N) is 1. The number of nitrogens with zero attached hydrogens (tertiary/aromatic N) is 2. The van der Waals surface area contributed by atoms with Crippen LogP contribution in [0.3, 0.4) is 0 Å². The predicted molar refractivity (Wildman–Crippen MR) is 77.8 cm³/mol. The van der Waals surface area contributed by atoms with E-state index in [2.05, 4.69) is 35.2 Å². The minimum Gasteiger partial charge on any atom is -0.383 e. The van der Waals surface area contributed by atoms with Gasteiger partial charge in [-0.2, -0.15) is 0 Å². The van der Waals surface area contributed by atoms with Crippen molar-refractivity contribution < 1.29 is 0 Å². The summed E-state index contributed by atoms with van der Waals surface area (Å²) in [7, 11) is 0. The van der Waals surface area contributed by atoms with Crippen LogP contribution in [0.1, 0.15) is 36.2 Å². The quantitative estimate of drug-likeness (QED) is 0.862. The zero-order valence-electron chi connectivity index (χ0n) is 11.4. The van der Waals surface area contributed by atoms with Crippen LogP contribution >= 0.6 is 0 Å². The van der Waals surface area contributed by atoms with E-state index in [0.29, 0.717) is 5.82 Å². The molecule has 0 aliphatic rings. The SMILES string of the molecule is CCCNC(c1cc(C)ccn1)c1cccnc1N. The molecule has 0 aromatic carbocycles. The van der Waals surface area contributed by atoms with Gasteiger partial charge in [-0.05, 0) is 43.7 Å². The van der Waals surface area contributed by atoms with Crippen LogP contribution in [0, 0.1) is 6.92 Å². The Balaban J connectivity index is 2.38. The number of aryl methyl sites for hydroxylation is 1. The molecule has 19 heavy (non-hydrogen) atoms. The van der Waals surface area contributed by atoms with Crippen molar-refractivity contribution in [2.45, 2.75) is 26.3 Å². The molecule has 0 aliphatic heterocycles. The van der Waals surface area contributed by atoms with Gasteiger partial charge in [-0.1, -0.05) is 13.0 Å². The molecular weight excluding hydrogens is 236 g/mol. The van der Waals surface area contributed by atoms with E-state index in [1.165, 1.54) is 5.56 Å². The largest absolute Gasteiger partial charge is 0.383 e. The van der Waals surface area contributed by atoms with Crippen molar-refractivity contribution in [2.75, 3.05) is 12.3 Å². The average molecular weight is 256 g/mol. The van der Waals surface area contributed by atoms with E-state index in [0.717, 1.165) is 24.2 Å². The van der Waals surface area contributed by atoms with Crippen LogP contribution in [-0.4, -0.2) is 16.5 Å². The summed E-state index contributed by atoms with van der Waals surface area (Å²) >= 11 is 0. The second-order valence-electron chi connectivity index (χ2n) is 4.62. The standard InChI is InChI=1S/C15H20N4/c1-3-7-18-14(12-5-4-8-19-15(12)16)13-10-11(2)6-9-17-13/h4-6,8-10,14,18H,3,7H2,1-2H3,(H2,16,19). The fourth-order valence-electron chi connectivity index (χ4n) is 2.05. The first-order chi connectivity index (χ1) is 9.22. The molecule has 4 nitrogen and oxygen atoms in total. The number of hydrogen-bond donors (Lipinski definition) is 2. The highest BCUT2D eigenvalue weighted by molar-refractivity contribution is 5.44. The number of rotatable bonds is 5. The lowest BCUT2D eigenvalue weighted by atomic mass is 10.0. The molecule has 0 saturated carbocycles. The highest BCUT2D eigenvalue weighted by atomic mass is 15.0. The maximum Gasteiger partial charge on any atom is 0.128 e. The van der Waals surface area contributed by atoms with Crippen molar-refractivity contribution in [3.05, 3.63) is 53.5 Å². The van der Waals surface area contributed by atoms with E-state index >= 15 is 0 Å². The average Bonchev–Trinajstić information content (AvgIpc) is 2.41. The summed E-state index contributed by atoms with van der Waals surface area (Å²) in [6, 6.07) is 7.97. The summed E-state index contributed by atoms with van der Waals surface area (Å²) in [4.78, 5) is 8.63. The van der Waals surface area contributed by atoms with Gasteiger partial charge >= 0.3 is 0 Å². The maximum absolute atomic E-state index is 5.99. The molecule has 0 saturated heterocycles. The van der Waals surface area contributed by atoms with E-state index in [1.54, 1.807) is 6.20 Å². The first kappa shape index (κ1) is 13.5. The Morgan fingerprint density at radius 2 is 2.11 bits per heavy atom. The van der Waals surface area contributed by atoms with Gasteiger partial charge in [-0.3, -0.25) is 4.98 Å². The minimum absolute atomic E-state index is 0.00597. The van der Waals surface area contributed by atoms with Crippen LogP contribution in [0.25, 0.3) is 0 Å². The van der Waals surface area contributed by atoms with Crippen molar-refractivity contribution in [3.63, 3.8) is 0 Å². The summed E-state index contributed by atoms with van der Waals surface area (Å²) in [5.74, 6) is 0.555. The number of anilines is 1. The molecule has 2 aromatic rings. The summed E-state index contributed by atoms with van der Waals surface area (Å²) in [5, 5.41) is 3.49. The van der Waals surface area contributed by atoms with Crippen molar-refractivity contribution in [1.29, 1.82) is 0 Å². The van der Waals surface area contributed by atoms with Gasteiger partial charge in [0.25, 0.3) is 0 Å². The van der Waals surface area contributed by atoms with Crippen molar-refractivity contribution in [2.24, 2.45) is 0 Å². The van der Waals surface area contributed by atoms with Crippen LogP contribution in [0.2, 0.25) is 0 Å². The zero-order chi connectivity index (χ0) is 13.7. The molecule has 1 atom stereocenters. The molecule has 100 valence electrons. The fraction of sp³-hybridized carbons (Fsp3) is 0.333. The molecule has 2 heterocycles. The molecule has 0 spiro atoms. The molecule has 0 fully saturated rings. The highest BCUT2D eigenvalue weighted by Gasteiger charge is 2.17. The molecule has 4 heteroatoms. The Bertz CT molecular complexity index is 539. The minimum atomic E-state index is -0.00597. The van der Waals surface area contributed by atoms with E-state index in [1.807, 2.05) is 24.4 Å². The molecule has 2 aromatic heterocycles. The van der Waals surface area contributed by atoms with Crippen molar-refractivity contribution in [3.8, 4) is 0 Å². The Hall–Kier alpha value is -1.94. The lowest BCUT2D eigenvalue weighted by molar-refractivity contribution is 0.586. The first-order valence-electron chi connectivity index (χ1n) is 6.58. The third kappa shape index (κ3) is 3.29. The number of hydrogen-bond acceptors (Lipinski definition) is 4. The molecule has 0 radical (unpaired) electrons. The summed E-state index contributed by atoms with van der Waals surface area (Å²) in [6.07, 6.45) is 4.60. The Morgan fingerprint density at radius 3 is 2.79 bits per heavy atom. The monoisotopic (exact) mass is 256 g/mol. The maximum atomic E-state index is 5.99. The second-order valence-corrected chi connectivity index (χ2v) is 4.62. The summed E-state index contributed by atoms with van der Waals surface area (Å²) < 4.78 is 0. The molecule has 1 unspecified atom stereocenters. The fourth-order valence-corrected chi connectivity index (χ4v) is 2.05. The highest BCUT2D eigenvalue weighted by Crippen LogP contribution is 2.24. The van der Waals surface area contributed by atoms with Crippen LogP contribution in [0.4, 0.5) is 5.82 Å². The molecule has 2 rings (SSSR count). The molecule has 0 amide bonds. The Morgan fingerprint density at radius 1 is 1.26 bits per heavy atom. The zero-order valence-corrected chi connectivity index (χ0v) is 11.4. The first-order valence-corrected chi connectivity index (χ1v) is 6.58. The van der Waals surface area contributed by atoms with Crippen LogP contribution in [0.5, 0.6) is 0 Å². The van der Waals surface area contributed by atoms with Crippen molar-refractivity contribution >= 4 is 5.82 Å². The third-order valence-electron chi connectivity index (χ3n) is 3.01. The van der Waals surface area contributed by atoms with Gasteiger partial charge < -0.3 is 11.1 Å². The smallest absolute Gasteiger partial charge is 0.128 e. The molecular formula is C15H20N4. The van der Waals surface area contributed by atoms with Gasteiger partial charge in [-0.15, -0.1) is 0 Å². The lowest BCUT2D eigenvalue weighted by Gasteiger charge is -2.19. The normalized spacial score (nSPS) is 12.3. The van der Waals surface area contributed by atoms with Gasteiger partial charge in [0.15, 0.2) is 0 Å². The third-order valence-corrected chi connectivity index (χ3v) is 3.01. The molecule has 3 N–H and O–H groups in total. The van der Waals surface area contributed by atoms with E-state index in [-0.39, 0.29) is 6.04 Å². The Labute approximate surface area is 114 Å². The van der Waals surface area contributed by atoms with Gasteiger partial charge in [0.05, 0.1) is 11.7 Å². The van der Waals surface area contributed by atoms with Crippen LogP contribution < -0.4 is 11.1 Å². The predicted octanol–water partition coefficient (Wildman–Crippen LogP) is 2.46. The number of nitrogens with one attached hydrogen (secondary N) is 1. The van der Waals surface area contributed by atoms with E-state index in [9.17, 15) is 0 Å². The number of pyridine rings is 2. The van der Waals surface area contributed by atoms with Crippen molar-refractivity contribution in [1.82, 2.24) is 15.3 Å². The topological polar surface area (TPSA) is 63.8 Å². The lowest BCUT2D eigenvalue weighted by Crippen LogP contribution is -2.25. The van der Waals surface area contributed by atoms with Crippen LogP contribution in [-0.2, 0) is 0 Å². The summed E-state index contributed by atoms with van der Waals surface area (Å²) in [5.41, 5.74) is 9.14. The number of nitrogen functional groups attached to an aromatic ring is 1. The summed E-state index contributed by atoms with van der Waals surface area (Å²) in [6.45, 7) is 5.11. The van der Waals surface area contributed by atoms with E-state index < -0.39 is 0 Å². The van der Waals surface area contributed by atoms with Gasteiger partial charge in [-0.25, -0.2) is 4.98 Å². The molecule has 0 bridgehead atoms. The van der Waals surface area contributed by atoms with Gasteiger partial charge in [0, 0.05) is 18.0 Å². The van der Waals surface area contributed by atoms with Gasteiger partial charge in [0.1, 0.15) is 5.82 Å². The second kappa shape index (κ2) is 6.29. The Kier molecular flexibility index (Phi) is 4.47. The number of aromatic nitrogens is 2. The van der Waals surface area contributed by atoms with Gasteiger partial charge in [0.2, 0.25) is 0 Å². The van der Waals surface area contributed by atoms with Crippen LogP contribution in [0.15, 0.2) is 36.7 Å².